The van der Waals surface area contributed by atoms with Gasteiger partial charge in [0.1, 0.15) is 48.8 Å². The third kappa shape index (κ3) is 7.00. The fourth-order valence-corrected chi connectivity index (χ4v) is 3.48. The molecule has 2 saturated heterocycles. The monoisotopic (exact) mass is 456 g/mol. The lowest BCUT2D eigenvalue weighted by atomic mass is 9.86. The third-order valence-electron chi connectivity index (χ3n) is 5.28. The second kappa shape index (κ2) is 11.1. The highest BCUT2D eigenvalue weighted by atomic mass is 16.7. The molecule has 2 unspecified atom stereocenters. The van der Waals surface area contributed by atoms with Crippen molar-refractivity contribution in [2.45, 2.75) is 94.7 Å². The lowest BCUT2D eigenvalue weighted by molar-refractivity contribution is -0.337. The maximum absolute atomic E-state index is 10.4. The molecule has 0 spiro atoms. The number of aliphatic hydroxyl groups excluding tert-OH is 8. The fraction of sp³-hybridized carbons (Fsp3) is 1.00. The Morgan fingerprint density at radius 3 is 2.03 bits per heavy atom. The van der Waals surface area contributed by atoms with E-state index in [1.54, 1.807) is 0 Å². The van der Waals surface area contributed by atoms with Crippen molar-refractivity contribution in [3.8, 4) is 0 Å². The van der Waals surface area contributed by atoms with Gasteiger partial charge in [-0.3, -0.25) is 0 Å². The van der Waals surface area contributed by atoms with E-state index in [0.29, 0.717) is 0 Å². The molecule has 0 radical (unpaired) electrons. The Morgan fingerprint density at radius 2 is 1.45 bits per heavy atom. The second-order valence-electron chi connectivity index (χ2n) is 9.29. The van der Waals surface area contributed by atoms with E-state index in [1.165, 1.54) is 0 Å². The van der Waals surface area contributed by atoms with Crippen LogP contribution in [0.5, 0.6) is 0 Å². The average molecular weight is 456 g/mol. The van der Waals surface area contributed by atoms with Crippen LogP contribution in [0.2, 0.25) is 0 Å². The van der Waals surface area contributed by atoms with E-state index in [-0.39, 0.29) is 25.0 Å². The van der Waals surface area contributed by atoms with E-state index in [2.05, 4.69) is 0 Å². The van der Waals surface area contributed by atoms with Crippen LogP contribution in [-0.4, -0.2) is 128 Å². The Hall–Kier alpha value is -0.480. The first-order valence-electron chi connectivity index (χ1n) is 10.3. The van der Waals surface area contributed by atoms with E-state index in [4.69, 9.17) is 18.9 Å². The molecule has 0 aromatic heterocycles. The van der Waals surface area contributed by atoms with Crippen LogP contribution in [0.4, 0.5) is 0 Å². The Bertz CT molecular complexity index is 542. The summed E-state index contributed by atoms with van der Waals surface area (Å²) in [7, 11) is 0. The van der Waals surface area contributed by atoms with Gasteiger partial charge in [-0.2, -0.15) is 0 Å². The zero-order valence-corrected chi connectivity index (χ0v) is 17.9. The van der Waals surface area contributed by atoms with Gasteiger partial charge in [-0.05, 0) is 11.8 Å². The molecule has 31 heavy (non-hydrogen) atoms. The third-order valence-corrected chi connectivity index (χ3v) is 5.28. The Balaban J connectivity index is 1.93. The molecule has 184 valence electrons. The highest BCUT2D eigenvalue weighted by molar-refractivity contribution is 4.89. The molecule has 8 N–H and O–H groups in total. The van der Waals surface area contributed by atoms with Gasteiger partial charge in [0.25, 0.3) is 0 Å². The first kappa shape index (κ1) is 26.8. The predicted molar refractivity (Wildman–Crippen MR) is 102 cm³/mol. The van der Waals surface area contributed by atoms with Gasteiger partial charge >= 0.3 is 0 Å². The first-order valence-corrected chi connectivity index (χ1v) is 10.3. The van der Waals surface area contributed by atoms with Gasteiger partial charge in [0.05, 0.1) is 25.9 Å². The molecular weight excluding hydrogens is 420 g/mol. The van der Waals surface area contributed by atoms with Gasteiger partial charge in [-0.25, -0.2) is 0 Å². The maximum atomic E-state index is 10.4. The highest BCUT2D eigenvalue weighted by Crippen LogP contribution is 2.27. The molecule has 2 heterocycles. The number of rotatable bonds is 8. The number of aliphatic hydroxyl groups is 8. The summed E-state index contributed by atoms with van der Waals surface area (Å²) in [6, 6.07) is 0. The van der Waals surface area contributed by atoms with Crippen LogP contribution in [0.15, 0.2) is 0 Å². The molecule has 2 aliphatic heterocycles. The first-order chi connectivity index (χ1) is 14.4. The van der Waals surface area contributed by atoms with Crippen LogP contribution < -0.4 is 0 Å². The summed E-state index contributed by atoms with van der Waals surface area (Å²) < 4.78 is 21.3. The summed E-state index contributed by atoms with van der Waals surface area (Å²) in [4.78, 5) is 0. The zero-order chi connectivity index (χ0) is 23.5. The van der Waals surface area contributed by atoms with Crippen molar-refractivity contribution in [2.24, 2.45) is 5.41 Å². The molecule has 2 aliphatic rings. The molecular formula is C19H36O12. The molecule has 0 amide bonds. The van der Waals surface area contributed by atoms with E-state index in [0.717, 1.165) is 0 Å². The summed E-state index contributed by atoms with van der Waals surface area (Å²) in [5.41, 5.74) is -0.294. The van der Waals surface area contributed by atoms with Crippen molar-refractivity contribution in [1.29, 1.82) is 0 Å². The number of ether oxygens (including phenoxy) is 4. The van der Waals surface area contributed by atoms with Gasteiger partial charge < -0.3 is 59.8 Å². The van der Waals surface area contributed by atoms with Crippen molar-refractivity contribution in [3.05, 3.63) is 0 Å². The van der Waals surface area contributed by atoms with Crippen molar-refractivity contribution in [3.63, 3.8) is 0 Å². The summed E-state index contributed by atoms with van der Waals surface area (Å²) >= 11 is 0. The topological polar surface area (TPSA) is 199 Å². The van der Waals surface area contributed by atoms with E-state index in [1.807, 2.05) is 20.8 Å². The van der Waals surface area contributed by atoms with Crippen molar-refractivity contribution in [2.75, 3.05) is 19.8 Å². The largest absolute Gasteiger partial charge is 0.394 e. The second-order valence-corrected chi connectivity index (χ2v) is 9.29. The molecule has 0 bridgehead atoms. The minimum absolute atomic E-state index is 0.227. The normalized spacial score (nSPS) is 40.4. The van der Waals surface area contributed by atoms with Crippen molar-refractivity contribution >= 4 is 0 Å². The Kier molecular flexibility index (Phi) is 9.58. The van der Waals surface area contributed by atoms with Gasteiger partial charge in [-0.15, -0.1) is 0 Å². The Morgan fingerprint density at radius 1 is 0.871 bits per heavy atom. The highest BCUT2D eigenvalue weighted by Gasteiger charge is 2.46. The van der Waals surface area contributed by atoms with Gasteiger partial charge in [0.15, 0.2) is 12.6 Å². The fourth-order valence-electron chi connectivity index (χ4n) is 3.48. The van der Waals surface area contributed by atoms with Gasteiger partial charge in [-0.1, -0.05) is 20.8 Å². The summed E-state index contributed by atoms with van der Waals surface area (Å²) in [5.74, 6) is 0. The maximum Gasteiger partial charge on any atom is 0.186 e. The number of hydrogen-bond acceptors (Lipinski definition) is 12. The molecule has 12 nitrogen and oxygen atoms in total. The van der Waals surface area contributed by atoms with Crippen molar-refractivity contribution in [1.82, 2.24) is 0 Å². The standard InChI is InChI=1S/C19H36O12/c1-19(2,3)4-8(21)12(23)10(5-20)30-18-16(27)14(25)11(7-29-18)31-17-15(26)13(24)9(22)6-28-17/h8-18,20-27H,4-7H2,1-3H3/t8-,9+,10+,11?,12+,13-,14+,15+,16-,17?,18+/m0/s1. The molecule has 0 aromatic carbocycles. The van der Waals surface area contributed by atoms with Crippen LogP contribution in [-0.2, 0) is 18.9 Å². The van der Waals surface area contributed by atoms with Gasteiger partial charge in [0, 0.05) is 0 Å². The minimum atomic E-state index is -1.66. The average Bonchev–Trinajstić information content (AvgIpc) is 2.69. The van der Waals surface area contributed by atoms with Crippen LogP contribution >= 0.6 is 0 Å². The molecule has 11 atom stereocenters. The van der Waals surface area contributed by atoms with Crippen LogP contribution in [0.1, 0.15) is 27.2 Å². The smallest absolute Gasteiger partial charge is 0.186 e. The number of hydrogen-bond donors (Lipinski definition) is 8. The molecule has 0 saturated carbocycles. The van der Waals surface area contributed by atoms with Crippen molar-refractivity contribution < 1.29 is 59.8 Å². The summed E-state index contributed by atoms with van der Waals surface area (Å²) in [6.45, 7) is 4.33. The predicted octanol–water partition coefficient (Wildman–Crippen LogP) is -3.58. The minimum Gasteiger partial charge on any atom is -0.394 e. The molecule has 0 aliphatic carbocycles. The molecule has 0 aromatic rings. The van der Waals surface area contributed by atoms with Crippen LogP contribution in [0, 0.1) is 5.41 Å². The lowest BCUT2D eigenvalue weighted by Crippen LogP contribution is -2.60. The van der Waals surface area contributed by atoms with E-state index >= 15 is 0 Å². The van der Waals surface area contributed by atoms with E-state index < -0.39 is 74.1 Å². The quantitative estimate of drug-likeness (QED) is 0.179. The Labute approximate surface area is 180 Å². The van der Waals surface area contributed by atoms with Gasteiger partial charge in [0.2, 0.25) is 0 Å². The van der Waals surface area contributed by atoms with Crippen LogP contribution in [0.3, 0.4) is 0 Å². The summed E-state index contributed by atoms with van der Waals surface area (Å²) in [5, 5.41) is 79.9. The SMILES string of the molecule is CC(C)(C)C[C@H](O)[C@@H](O)[C@@H](CO)O[C@H]1OCC(OC2OC[C@@H](O)[C@H](O)[C@H]2O)[C@@H](O)[C@@H]1O. The molecule has 12 heteroatoms. The van der Waals surface area contributed by atoms with E-state index in [9.17, 15) is 40.9 Å². The zero-order valence-electron chi connectivity index (χ0n) is 17.9. The molecule has 2 fully saturated rings. The summed E-state index contributed by atoms with van der Waals surface area (Å²) in [6.07, 6.45) is -15.3. The lowest BCUT2D eigenvalue weighted by Gasteiger charge is -2.42. The van der Waals surface area contributed by atoms with Crippen LogP contribution in [0.25, 0.3) is 0 Å². The molecule has 2 rings (SSSR count).